The molecule has 0 aliphatic heterocycles. The minimum absolute atomic E-state index is 0.0732. The molecule has 31 heavy (non-hydrogen) atoms. The monoisotopic (exact) mass is 494 g/mol. The minimum atomic E-state index is -6.14. The van der Waals surface area contributed by atoms with Crippen LogP contribution >= 0.6 is 0 Å². The second kappa shape index (κ2) is 9.15. The Balaban J connectivity index is 2.91. The molecule has 16 heteroatoms. The van der Waals surface area contributed by atoms with E-state index < -0.39 is 82.9 Å². The van der Waals surface area contributed by atoms with E-state index in [0.29, 0.717) is 0 Å². The molecule has 1 saturated carbocycles. The number of alkyl halides is 8. The first kappa shape index (κ1) is 27.5. The molecule has 0 bridgehead atoms. The molecule has 0 heterocycles. The number of hydrogen-bond acceptors (Lipinski definition) is 6. The van der Waals surface area contributed by atoms with Gasteiger partial charge in [-0.25, -0.2) is 4.79 Å². The fourth-order valence-electron chi connectivity index (χ4n) is 2.94. The van der Waals surface area contributed by atoms with Gasteiger partial charge in [-0.2, -0.15) is 43.5 Å². The summed E-state index contributed by atoms with van der Waals surface area (Å²) in [5.74, 6) is -4.19. The van der Waals surface area contributed by atoms with Crippen LogP contribution < -0.4 is 0 Å². The average molecular weight is 494 g/mol. The first-order chi connectivity index (χ1) is 13.8. The minimum Gasteiger partial charge on any atom is -0.459 e. The molecule has 0 amide bonds. The molecule has 0 radical (unpaired) electrons. The van der Waals surface area contributed by atoms with Gasteiger partial charge in [0.15, 0.2) is 0 Å². The summed E-state index contributed by atoms with van der Waals surface area (Å²) in [5, 5.41) is 4.84. The normalized spacial score (nSPS) is 21.6. The summed E-state index contributed by atoms with van der Waals surface area (Å²) in [7, 11) is -5.84. The summed E-state index contributed by atoms with van der Waals surface area (Å²) in [6.07, 6.45) is -15.6. The molecule has 1 fully saturated rings. The Morgan fingerprint density at radius 1 is 1.00 bits per heavy atom. The van der Waals surface area contributed by atoms with E-state index in [2.05, 4.69) is 16.1 Å². The molecule has 182 valence electrons. The zero-order chi connectivity index (χ0) is 24.5. The second-order valence-corrected chi connectivity index (χ2v) is 8.35. The van der Waals surface area contributed by atoms with E-state index in [4.69, 9.17) is 4.55 Å². The molecule has 0 aromatic carbocycles. The maximum absolute atomic E-state index is 13.1. The molecule has 2 atom stereocenters. The highest BCUT2D eigenvalue weighted by molar-refractivity contribution is 7.86. The highest BCUT2D eigenvalue weighted by Gasteiger charge is 2.75. The SMILES string of the molecule is C=C(COCC(F)(F)S(=O)(=O)O)C(=O)OC1CCCCC1C(O)(C(F)(F)F)C(F)(F)F. The summed E-state index contributed by atoms with van der Waals surface area (Å²) < 4.78 is 143. The molecule has 1 rings (SSSR count). The largest absolute Gasteiger partial charge is 0.459 e. The Hall–Kier alpha value is -1.52. The van der Waals surface area contributed by atoms with Crippen LogP contribution in [0.15, 0.2) is 12.2 Å². The molecule has 1 aliphatic carbocycles. The lowest BCUT2D eigenvalue weighted by molar-refractivity contribution is -0.393. The lowest BCUT2D eigenvalue weighted by Crippen LogP contribution is -2.65. The van der Waals surface area contributed by atoms with Crippen molar-refractivity contribution in [1.82, 2.24) is 0 Å². The zero-order valence-electron chi connectivity index (χ0n) is 15.5. The molecule has 0 aromatic heterocycles. The molecule has 2 N–H and O–H groups in total. The third-order valence-corrected chi connectivity index (χ3v) is 5.45. The third-order valence-electron chi connectivity index (χ3n) is 4.57. The van der Waals surface area contributed by atoms with Gasteiger partial charge in [-0.3, -0.25) is 4.55 Å². The van der Waals surface area contributed by atoms with Crippen LogP contribution in [0.25, 0.3) is 0 Å². The van der Waals surface area contributed by atoms with Crippen molar-refractivity contribution in [2.24, 2.45) is 5.92 Å². The average Bonchev–Trinajstić information content (AvgIpc) is 2.58. The van der Waals surface area contributed by atoms with Crippen LogP contribution in [0, 0.1) is 5.92 Å². The number of ether oxygens (including phenoxy) is 2. The van der Waals surface area contributed by atoms with Gasteiger partial charge in [-0.15, -0.1) is 0 Å². The van der Waals surface area contributed by atoms with Gasteiger partial charge in [-0.1, -0.05) is 13.0 Å². The van der Waals surface area contributed by atoms with Gasteiger partial charge in [0.2, 0.25) is 0 Å². The summed E-state index contributed by atoms with van der Waals surface area (Å²) in [6, 6.07) is 0. The topological polar surface area (TPSA) is 110 Å². The molecule has 2 unspecified atom stereocenters. The lowest BCUT2D eigenvalue weighted by atomic mass is 9.74. The Morgan fingerprint density at radius 3 is 1.94 bits per heavy atom. The van der Waals surface area contributed by atoms with Crippen LogP contribution in [0.5, 0.6) is 0 Å². The van der Waals surface area contributed by atoms with Gasteiger partial charge in [-0.05, 0) is 19.3 Å². The van der Waals surface area contributed by atoms with Gasteiger partial charge >= 0.3 is 33.7 Å². The molecule has 0 aromatic rings. The summed E-state index contributed by atoms with van der Waals surface area (Å²) >= 11 is 0. The first-order valence-electron chi connectivity index (χ1n) is 8.43. The maximum atomic E-state index is 13.1. The van der Waals surface area contributed by atoms with Crippen LogP contribution in [-0.4, -0.2) is 66.6 Å². The fraction of sp³-hybridized carbons (Fsp3) is 0.800. The van der Waals surface area contributed by atoms with Crippen LogP contribution in [0.2, 0.25) is 0 Å². The zero-order valence-corrected chi connectivity index (χ0v) is 16.3. The number of halogens is 8. The Bertz CT molecular complexity index is 761. The van der Waals surface area contributed by atoms with Crippen molar-refractivity contribution in [1.29, 1.82) is 0 Å². The van der Waals surface area contributed by atoms with Gasteiger partial charge in [0.25, 0.3) is 5.60 Å². The van der Waals surface area contributed by atoms with Crippen molar-refractivity contribution in [2.45, 2.75) is 55.0 Å². The van der Waals surface area contributed by atoms with E-state index in [0.717, 1.165) is 0 Å². The van der Waals surface area contributed by atoms with Crippen molar-refractivity contribution in [3.8, 4) is 0 Å². The molecule has 0 saturated heterocycles. The van der Waals surface area contributed by atoms with Gasteiger partial charge in [0, 0.05) is 5.92 Å². The first-order valence-corrected chi connectivity index (χ1v) is 9.87. The van der Waals surface area contributed by atoms with Crippen molar-refractivity contribution >= 4 is 16.1 Å². The van der Waals surface area contributed by atoms with Crippen molar-refractivity contribution < 1.29 is 67.5 Å². The van der Waals surface area contributed by atoms with Gasteiger partial charge < -0.3 is 14.6 Å². The number of carbonyl (C=O) groups is 1. The van der Waals surface area contributed by atoms with Crippen molar-refractivity contribution in [3.05, 3.63) is 12.2 Å². The lowest BCUT2D eigenvalue weighted by Gasteiger charge is -2.43. The number of carbonyl (C=O) groups excluding carboxylic acids is 1. The van der Waals surface area contributed by atoms with Crippen LogP contribution in [0.3, 0.4) is 0 Å². The van der Waals surface area contributed by atoms with E-state index in [9.17, 15) is 53.4 Å². The number of rotatable bonds is 8. The Labute approximate surface area is 170 Å². The molecule has 1 aliphatic rings. The van der Waals surface area contributed by atoms with E-state index in [1.54, 1.807) is 0 Å². The predicted octanol–water partition coefficient (Wildman–Crippen LogP) is 3.00. The predicted molar refractivity (Wildman–Crippen MR) is 85.4 cm³/mol. The summed E-state index contributed by atoms with van der Waals surface area (Å²) in [5.41, 5.74) is -6.00. The number of aliphatic hydroxyl groups is 1. The highest BCUT2D eigenvalue weighted by atomic mass is 32.2. The van der Waals surface area contributed by atoms with Crippen molar-refractivity contribution in [3.63, 3.8) is 0 Å². The quantitative estimate of drug-likeness (QED) is 0.231. The van der Waals surface area contributed by atoms with E-state index in [1.165, 1.54) is 0 Å². The van der Waals surface area contributed by atoms with E-state index in [-0.39, 0.29) is 12.8 Å². The maximum Gasteiger partial charge on any atom is 0.426 e. The van der Waals surface area contributed by atoms with Crippen LogP contribution in [0.4, 0.5) is 35.1 Å². The summed E-state index contributed by atoms with van der Waals surface area (Å²) in [4.78, 5) is 11.9. The third kappa shape index (κ3) is 6.04. The summed E-state index contributed by atoms with van der Waals surface area (Å²) in [6.45, 7) is -0.0360. The molecular weight excluding hydrogens is 476 g/mol. The van der Waals surface area contributed by atoms with E-state index >= 15 is 0 Å². The van der Waals surface area contributed by atoms with E-state index in [1.807, 2.05) is 0 Å². The van der Waals surface area contributed by atoms with Crippen LogP contribution in [0.1, 0.15) is 25.7 Å². The molecule has 7 nitrogen and oxygen atoms in total. The Morgan fingerprint density at radius 2 is 1.48 bits per heavy atom. The smallest absolute Gasteiger partial charge is 0.426 e. The second-order valence-electron chi connectivity index (χ2n) is 6.81. The van der Waals surface area contributed by atoms with Crippen molar-refractivity contribution in [2.75, 3.05) is 13.2 Å². The Kier molecular flexibility index (Phi) is 8.12. The van der Waals surface area contributed by atoms with Gasteiger partial charge in [0.1, 0.15) is 12.7 Å². The number of esters is 1. The number of hydrogen-bond donors (Lipinski definition) is 2. The highest BCUT2D eigenvalue weighted by Crippen LogP contribution is 2.52. The van der Waals surface area contributed by atoms with Gasteiger partial charge in [0.05, 0.1) is 12.2 Å². The standard InChI is InChI=1S/C15H18F8O7S/c1-8(6-29-7-12(16,17)31(26,27)28)11(24)30-10-5-3-2-4-9(10)13(25,14(18,19)20)15(21,22)23/h9-10,25H,1-7H2,(H,26,27,28). The molecule has 0 spiro atoms. The molecular formula is C15H18F8O7S. The fourth-order valence-corrected chi connectivity index (χ4v) is 3.18. The van der Waals surface area contributed by atoms with Crippen LogP contribution in [-0.2, 0) is 24.4 Å².